The van der Waals surface area contributed by atoms with E-state index >= 15 is 0 Å². The summed E-state index contributed by atoms with van der Waals surface area (Å²) < 4.78 is 0. The fourth-order valence-corrected chi connectivity index (χ4v) is 0.734. The molecule has 0 saturated heterocycles. The maximum Gasteiger partial charge on any atom is 0.425 e. The highest BCUT2D eigenvalue weighted by molar-refractivity contribution is 5.83. The van der Waals surface area contributed by atoms with Crippen LogP contribution in [0.5, 0.6) is 0 Å². The Morgan fingerprint density at radius 3 is 3.18 bits per heavy atom. The second-order valence-corrected chi connectivity index (χ2v) is 2.02. The van der Waals surface area contributed by atoms with E-state index in [1.54, 1.807) is 0 Å². The van der Waals surface area contributed by atoms with Crippen molar-refractivity contribution in [2.24, 2.45) is 5.10 Å². The average molecular weight is 152 g/mol. The van der Waals surface area contributed by atoms with Crippen LogP contribution in [0.2, 0.25) is 0 Å². The molecule has 1 rings (SSSR count). The van der Waals surface area contributed by atoms with Gasteiger partial charge in [0.25, 0.3) is 0 Å². The van der Waals surface area contributed by atoms with Crippen molar-refractivity contribution in [3.8, 4) is 0 Å². The summed E-state index contributed by atoms with van der Waals surface area (Å²) in [7, 11) is 0. The van der Waals surface area contributed by atoms with E-state index in [0.717, 1.165) is 12.0 Å². The van der Waals surface area contributed by atoms with E-state index in [4.69, 9.17) is 5.11 Å². The van der Waals surface area contributed by atoms with Crippen molar-refractivity contribution in [2.75, 3.05) is 0 Å². The van der Waals surface area contributed by atoms with Crippen molar-refractivity contribution in [1.82, 2.24) is 5.43 Å². The number of allylic oxidation sites excluding steroid dienone is 4. The van der Waals surface area contributed by atoms with Crippen LogP contribution < -0.4 is 5.43 Å². The molecule has 0 fully saturated rings. The minimum atomic E-state index is -1.15. The van der Waals surface area contributed by atoms with Gasteiger partial charge in [-0.2, -0.15) is 5.10 Å². The molecule has 1 aliphatic carbocycles. The van der Waals surface area contributed by atoms with Crippen LogP contribution in [-0.4, -0.2) is 17.4 Å². The number of carbonyl (C=O) groups is 1. The summed E-state index contributed by atoms with van der Waals surface area (Å²) >= 11 is 0. The van der Waals surface area contributed by atoms with Gasteiger partial charge in [-0.05, 0) is 12.0 Å². The van der Waals surface area contributed by atoms with Gasteiger partial charge in [-0.25, -0.2) is 10.2 Å². The first-order chi connectivity index (χ1) is 5.29. The maximum absolute atomic E-state index is 9.91. The van der Waals surface area contributed by atoms with Gasteiger partial charge in [-0.3, -0.25) is 0 Å². The number of nitrogens with zero attached hydrogens (tertiary/aromatic N) is 1. The summed E-state index contributed by atoms with van der Waals surface area (Å²) in [6.45, 7) is 0. The van der Waals surface area contributed by atoms with Crippen molar-refractivity contribution in [3.05, 3.63) is 23.8 Å². The van der Waals surface area contributed by atoms with E-state index in [9.17, 15) is 4.79 Å². The van der Waals surface area contributed by atoms with Crippen LogP contribution in [0, 0.1) is 0 Å². The Morgan fingerprint density at radius 1 is 1.82 bits per heavy atom. The molecule has 0 aromatic heterocycles. The van der Waals surface area contributed by atoms with Gasteiger partial charge in [0.2, 0.25) is 0 Å². The molecule has 11 heavy (non-hydrogen) atoms. The minimum absolute atomic E-state index is 0.897. The van der Waals surface area contributed by atoms with Gasteiger partial charge in [0.05, 0.1) is 6.21 Å². The zero-order chi connectivity index (χ0) is 8.10. The summed E-state index contributed by atoms with van der Waals surface area (Å²) in [6, 6.07) is 0. The molecule has 0 aliphatic heterocycles. The molecule has 0 heterocycles. The topological polar surface area (TPSA) is 61.7 Å². The van der Waals surface area contributed by atoms with Crippen LogP contribution in [0.15, 0.2) is 28.9 Å². The number of carboxylic acid groups (broad SMARTS) is 1. The molecule has 1 aliphatic rings. The highest BCUT2D eigenvalue weighted by Gasteiger charge is 1.92. The Morgan fingerprint density at radius 2 is 2.64 bits per heavy atom. The number of nitrogens with one attached hydrogen (secondary N) is 1. The average Bonchev–Trinajstić information content (AvgIpc) is 2.39. The molecule has 0 bridgehead atoms. The van der Waals surface area contributed by atoms with E-state index in [2.05, 4.69) is 5.10 Å². The predicted octanol–water partition coefficient (Wildman–Crippen LogP) is 1.13. The molecule has 58 valence electrons. The van der Waals surface area contributed by atoms with Crippen LogP contribution in [0.25, 0.3) is 0 Å². The van der Waals surface area contributed by atoms with Crippen molar-refractivity contribution in [3.63, 3.8) is 0 Å². The van der Waals surface area contributed by atoms with Crippen molar-refractivity contribution >= 4 is 12.3 Å². The molecule has 0 saturated carbocycles. The molecule has 2 N–H and O–H groups in total. The van der Waals surface area contributed by atoms with Gasteiger partial charge in [0, 0.05) is 0 Å². The zero-order valence-electron chi connectivity index (χ0n) is 5.82. The van der Waals surface area contributed by atoms with Crippen LogP contribution >= 0.6 is 0 Å². The summed E-state index contributed by atoms with van der Waals surface area (Å²) in [5, 5.41) is 11.6. The Bertz CT molecular complexity index is 241. The van der Waals surface area contributed by atoms with Crippen molar-refractivity contribution < 1.29 is 9.90 Å². The number of rotatable bonds is 2. The first kappa shape index (κ1) is 7.53. The lowest BCUT2D eigenvalue weighted by atomic mass is 10.3. The van der Waals surface area contributed by atoms with E-state index in [1.165, 1.54) is 6.21 Å². The van der Waals surface area contributed by atoms with Crippen LogP contribution in [-0.2, 0) is 0 Å². The van der Waals surface area contributed by atoms with Gasteiger partial charge in [0.1, 0.15) is 0 Å². The van der Waals surface area contributed by atoms with Crippen LogP contribution in [0.4, 0.5) is 4.79 Å². The SMILES string of the molecule is O=C(O)N/N=C/C1=CCC=C1. The largest absolute Gasteiger partial charge is 0.464 e. The summed E-state index contributed by atoms with van der Waals surface area (Å²) in [6.07, 6.45) is 7.03. The van der Waals surface area contributed by atoms with Gasteiger partial charge >= 0.3 is 6.09 Å². The fraction of sp³-hybridized carbons (Fsp3) is 0.143. The third-order valence-electron chi connectivity index (χ3n) is 1.17. The standard InChI is InChI=1S/C7H8N2O2/c10-7(11)9-8-5-6-3-1-2-4-6/h1,3-5,9H,2H2,(H,10,11)/b8-5+. The number of hydrogen-bond acceptors (Lipinski definition) is 2. The molecule has 0 atom stereocenters. The number of hydrogen-bond donors (Lipinski definition) is 2. The smallest absolute Gasteiger partial charge is 0.425 e. The predicted molar refractivity (Wildman–Crippen MR) is 41.5 cm³/mol. The zero-order valence-corrected chi connectivity index (χ0v) is 5.82. The lowest BCUT2D eigenvalue weighted by Crippen LogP contribution is -2.13. The molecule has 0 radical (unpaired) electrons. The molecule has 1 amide bonds. The third-order valence-corrected chi connectivity index (χ3v) is 1.17. The van der Waals surface area contributed by atoms with Gasteiger partial charge in [-0.1, -0.05) is 18.2 Å². The van der Waals surface area contributed by atoms with E-state index in [1.807, 2.05) is 23.7 Å². The monoisotopic (exact) mass is 152 g/mol. The van der Waals surface area contributed by atoms with Crippen LogP contribution in [0.3, 0.4) is 0 Å². The summed E-state index contributed by atoms with van der Waals surface area (Å²) in [5.41, 5.74) is 2.81. The second-order valence-electron chi connectivity index (χ2n) is 2.02. The highest BCUT2D eigenvalue weighted by atomic mass is 16.4. The van der Waals surface area contributed by atoms with Gasteiger partial charge in [-0.15, -0.1) is 0 Å². The molecule has 0 spiro atoms. The second kappa shape index (κ2) is 3.55. The van der Waals surface area contributed by atoms with E-state index < -0.39 is 6.09 Å². The maximum atomic E-state index is 9.91. The molecule has 0 aromatic carbocycles. The quantitative estimate of drug-likeness (QED) is 0.460. The molecule has 4 nitrogen and oxygen atoms in total. The molecule has 0 unspecified atom stereocenters. The van der Waals surface area contributed by atoms with Crippen molar-refractivity contribution in [1.29, 1.82) is 0 Å². The fourth-order valence-electron chi connectivity index (χ4n) is 0.734. The summed E-state index contributed by atoms with van der Waals surface area (Å²) in [5.74, 6) is 0. The van der Waals surface area contributed by atoms with E-state index in [0.29, 0.717) is 0 Å². The molecular formula is C7H8N2O2. The Labute approximate surface area is 63.9 Å². The normalized spacial score (nSPS) is 15.5. The van der Waals surface area contributed by atoms with Gasteiger partial charge < -0.3 is 5.11 Å². The van der Waals surface area contributed by atoms with E-state index in [-0.39, 0.29) is 0 Å². The molecule has 0 aromatic rings. The van der Waals surface area contributed by atoms with Crippen molar-refractivity contribution in [2.45, 2.75) is 6.42 Å². The highest BCUT2D eigenvalue weighted by Crippen LogP contribution is 2.04. The third kappa shape index (κ3) is 2.66. The number of hydrazone groups is 1. The lowest BCUT2D eigenvalue weighted by molar-refractivity contribution is 0.195. The number of amides is 1. The van der Waals surface area contributed by atoms with Crippen LogP contribution in [0.1, 0.15) is 6.42 Å². The Hall–Kier alpha value is -1.58. The summed E-state index contributed by atoms with van der Waals surface area (Å²) in [4.78, 5) is 9.91. The minimum Gasteiger partial charge on any atom is -0.464 e. The molecular weight excluding hydrogens is 144 g/mol. The first-order valence-electron chi connectivity index (χ1n) is 3.18. The molecule has 4 heteroatoms. The lowest BCUT2D eigenvalue weighted by Gasteiger charge is -1.88. The first-order valence-corrected chi connectivity index (χ1v) is 3.18. The van der Waals surface area contributed by atoms with Gasteiger partial charge in [0.15, 0.2) is 0 Å². The Kier molecular flexibility index (Phi) is 2.43. The Balaban J connectivity index is 2.35.